The number of carbonyl (C=O) groups is 2. The van der Waals surface area contributed by atoms with Crippen LogP contribution in [0.4, 0.5) is 0 Å². The van der Waals surface area contributed by atoms with Crippen LogP contribution in [-0.4, -0.2) is 50.6 Å². The molecule has 1 aliphatic heterocycles. The Morgan fingerprint density at radius 3 is 1.85 bits per heavy atom. The summed E-state index contributed by atoms with van der Waals surface area (Å²) in [5.74, 6) is -1.00. The van der Waals surface area contributed by atoms with Crippen molar-refractivity contribution in [1.29, 1.82) is 0 Å². The zero-order valence-electron chi connectivity index (χ0n) is 14.4. The molecular formula is C20H20O6. The van der Waals surface area contributed by atoms with E-state index in [4.69, 9.17) is 18.9 Å². The lowest BCUT2D eigenvalue weighted by atomic mass is 10.1. The number of rotatable bonds is 5. The van der Waals surface area contributed by atoms with Crippen molar-refractivity contribution in [2.24, 2.45) is 0 Å². The second-order valence-corrected chi connectivity index (χ2v) is 5.86. The Morgan fingerprint density at radius 1 is 0.808 bits per heavy atom. The van der Waals surface area contributed by atoms with E-state index in [0.29, 0.717) is 11.1 Å². The number of esters is 2. The Labute approximate surface area is 151 Å². The van der Waals surface area contributed by atoms with Gasteiger partial charge in [0, 0.05) is 7.11 Å². The van der Waals surface area contributed by atoms with E-state index in [0.717, 1.165) is 0 Å². The molecule has 1 aliphatic rings. The summed E-state index contributed by atoms with van der Waals surface area (Å²) in [4.78, 5) is 24.8. The molecule has 0 aliphatic carbocycles. The first-order valence-corrected chi connectivity index (χ1v) is 8.31. The van der Waals surface area contributed by atoms with Gasteiger partial charge in [0.25, 0.3) is 0 Å². The second-order valence-electron chi connectivity index (χ2n) is 5.86. The third-order valence-electron chi connectivity index (χ3n) is 4.12. The lowest BCUT2D eigenvalue weighted by Crippen LogP contribution is -2.52. The molecule has 6 heteroatoms. The summed E-state index contributed by atoms with van der Waals surface area (Å²) in [6.45, 7) is 0.383. The van der Waals surface area contributed by atoms with Crippen molar-refractivity contribution < 1.29 is 28.5 Å². The van der Waals surface area contributed by atoms with Crippen LogP contribution < -0.4 is 0 Å². The minimum absolute atomic E-state index is 0.130. The van der Waals surface area contributed by atoms with Crippen LogP contribution in [0.25, 0.3) is 0 Å². The highest BCUT2D eigenvalue weighted by Crippen LogP contribution is 2.21. The lowest BCUT2D eigenvalue weighted by Gasteiger charge is -2.35. The summed E-state index contributed by atoms with van der Waals surface area (Å²) < 4.78 is 22.0. The maximum atomic E-state index is 12.4. The van der Waals surface area contributed by atoms with Crippen molar-refractivity contribution in [2.45, 2.75) is 18.3 Å². The van der Waals surface area contributed by atoms with E-state index in [-0.39, 0.29) is 13.2 Å². The molecule has 0 aromatic heterocycles. The van der Waals surface area contributed by atoms with Gasteiger partial charge in [0.05, 0.1) is 24.3 Å². The topological polar surface area (TPSA) is 71.1 Å². The number of carbonyl (C=O) groups excluding carboxylic acids is 2. The molecule has 1 heterocycles. The van der Waals surface area contributed by atoms with Gasteiger partial charge in [-0.3, -0.25) is 0 Å². The van der Waals surface area contributed by atoms with Crippen molar-refractivity contribution in [1.82, 2.24) is 0 Å². The highest BCUT2D eigenvalue weighted by atomic mass is 16.6. The van der Waals surface area contributed by atoms with E-state index < -0.39 is 30.3 Å². The second kappa shape index (κ2) is 8.60. The normalized spacial score (nSPS) is 22.4. The monoisotopic (exact) mass is 356 g/mol. The van der Waals surface area contributed by atoms with Crippen molar-refractivity contribution in [3.05, 3.63) is 71.8 Å². The molecule has 0 radical (unpaired) electrons. The molecule has 2 aromatic rings. The quantitative estimate of drug-likeness (QED) is 0.767. The standard InChI is InChI=1S/C20H20O6/c1-23-16-12-24-13-17(25-19(21)14-8-4-2-5-9-14)18(16)26-20(22)15-10-6-3-7-11-15/h2-11,16-18H,12-13H2,1H3/t16-,17+,18-/m1/s1. The molecule has 0 saturated carbocycles. The van der Waals surface area contributed by atoms with E-state index in [1.54, 1.807) is 48.5 Å². The van der Waals surface area contributed by atoms with Gasteiger partial charge in [0.1, 0.15) is 6.10 Å². The van der Waals surface area contributed by atoms with E-state index in [9.17, 15) is 9.59 Å². The molecular weight excluding hydrogens is 336 g/mol. The number of ether oxygens (including phenoxy) is 4. The Hall–Kier alpha value is -2.70. The summed E-state index contributed by atoms with van der Waals surface area (Å²) in [5.41, 5.74) is 0.835. The number of hydrogen-bond donors (Lipinski definition) is 0. The van der Waals surface area contributed by atoms with Crippen molar-refractivity contribution in [2.75, 3.05) is 20.3 Å². The molecule has 1 fully saturated rings. The third kappa shape index (κ3) is 4.28. The summed E-state index contributed by atoms with van der Waals surface area (Å²) >= 11 is 0. The Kier molecular flexibility index (Phi) is 5.99. The summed E-state index contributed by atoms with van der Waals surface area (Å²) in [6, 6.07) is 17.3. The van der Waals surface area contributed by atoms with Gasteiger partial charge in [-0.1, -0.05) is 36.4 Å². The fourth-order valence-electron chi connectivity index (χ4n) is 2.73. The van der Waals surface area contributed by atoms with Crippen LogP contribution in [-0.2, 0) is 18.9 Å². The summed E-state index contributed by atoms with van der Waals surface area (Å²) in [6.07, 6.45) is -2.03. The lowest BCUT2D eigenvalue weighted by molar-refractivity contribution is -0.164. The van der Waals surface area contributed by atoms with Gasteiger partial charge in [0.2, 0.25) is 0 Å². The van der Waals surface area contributed by atoms with E-state index in [1.807, 2.05) is 12.1 Å². The van der Waals surface area contributed by atoms with Gasteiger partial charge in [-0.25, -0.2) is 9.59 Å². The molecule has 1 saturated heterocycles. The molecule has 26 heavy (non-hydrogen) atoms. The average Bonchev–Trinajstić information content (AvgIpc) is 2.70. The highest BCUT2D eigenvalue weighted by Gasteiger charge is 2.40. The van der Waals surface area contributed by atoms with Crippen molar-refractivity contribution in [3.63, 3.8) is 0 Å². The smallest absolute Gasteiger partial charge is 0.338 e. The van der Waals surface area contributed by atoms with Gasteiger partial charge in [-0.15, -0.1) is 0 Å². The molecule has 0 unspecified atom stereocenters. The SMILES string of the molecule is CO[C@@H]1COC[C@H](OC(=O)c2ccccc2)[C@@H]1OC(=O)c1ccccc1. The minimum Gasteiger partial charge on any atom is -0.452 e. The predicted octanol–water partition coefficient (Wildman–Crippen LogP) is 2.48. The van der Waals surface area contributed by atoms with Crippen molar-refractivity contribution in [3.8, 4) is 0 Å². The zero-order chi connectivity index (χ0) is 18.4. The summed E-state index contributed by atoms with van der Waals surface area (Å²) in [5, 5.41) is 0. The molecule has 0 N–H and O–H groups in total. The van der Waals surface area contributed by atoms with E-state index in [2.05, 4.69) is 0 Å². The molecule has 136 valence electrons. The predicted molar refractivity (Wildman–Crippen MR) is 92.9 cm³/mol. The first kappa shape index (κ1) is 18.1. The fraction of sp³-hybridized carbons (Fsp3) is 0.300. The Balaban J connectivity index is 1.74. The van der Waals surface area contributed by atoms with Crippen LogP contribution in [0.15, 0.2) is 60.7 Å². The molecule has 6 nitrogen and oxygen atoms in total. The van der Waals surface area contributed by atoms with Crippen LogP contribution in [0, 0.1) is 0 Å². The van der Waals surface area contributed by atoms with Crippen LogP contribution in [0.3, 0.4) is 0 Å². The van der Waals surface area contributed by atoms with Gasteiger partial charge in [-0.2, -0.15) is 0 Å². The van der Waals surface area contributed by atoms with Gasteiger partial charge < -0.3 is 18.9 Å². The largest absolute Gasteiger partial charge is 0.452 e. The third-order valence-corrected chi connectivity index (χ3v) is 4.12. The number of benzene rings is 2. The van der Waals surface area contributed by atoms with Crippen LogP contribution >= 0.6 is 0 Å². The summed E-state index contributed by atoms with van der Waals surface area (Å²) in [7, 11) is 1.50. The fourth-order valence-corrected chi connectivity index (χ4v) is 2.73. The van der Waals surface area contributed by atoms with Gasteiger partial charge in [-0.05, 0) is 24.3 Å². The first-order valence-electron chi connectivity index (χ1n) is 8.31. The molecule has 0 bridgehead atoms. The highest BCUT2D eigenvalue weighted by molar-refractivity contribution is 5.90. The molecule has 3 rings (SSSR count). The Morgan fingerprint density at radius 2 is 1.31 bits per heavy atom. The van der Waals surface area contributed by atoms with Crippen molar-refractivity contribution >= 4 is 11.9 Å². The molecule has 3 atom stereocenters. The number of methoxy groups -OCH3 is 1. The molecule has 0 amide bonds. The van der Waals surface area contributed by atoms with E-state index in [1.165, 1.54) is 7.11 Å². The Bertz CT molecular complexity index is 730. The van der Waals surface area contributed by atoms with Crippen LogP contribution in [0.5, 0.6) is 0 Å². The van der Waals surface area contributed by atoms with Crippen LogP contribution in [0.1, 0.15) is 20.7 Å². The maximum Gasteiger partial charge on any atom is 0.338 e. The molecule has 2 aromatic carbocycles. The zero-order valence-corrected chi connectivity index (χ0v) is 14.4. The first-order chi connectivity index (χ1) is 12.7. The van der Waals surface area contributed by atoms with Gasteiger partial charge >= 0.3 is 11.9 Å². The maximum absolute atomic E-state index is 12.4. The van der Waals surface area contributed by atoms with E-state index >= 15 is 0 Å². The minimum atomic E-state index is -0.755. The average molecular weight is 356 g/mol. The molecule has 0 spiro atoms. The number of hydrogen-bond acceptors (Lipinski definition) is 6. The van der Waals surface area contributed by atoms with Gasteiger partial charge in [0.15, 0.2) is 12.2 Å². The van der Waals surface area contributed by atoms with Crippen LogP contribution in [0.2, 0.25) is 0 Å².